The van der Waals surface area contributed by atoms with Crippen LogP contribution in [0.4, 0.5) is 0 Å². The Morgan fingerprint density at radius 1 is 0.906 bits per heavy atom. The first kappa shape index (κ1) is 21.1. The molecule has 0 bridgehead atoms. The third-order valence-corrected chi connectivity index (χ3v) is 4.74. The molecule has 32 heavy (non-hydrogen) atoms. The Morgan fingerprint density at radius 3 is 2.25 bits per heavy atom. The van der Waals surface area contributed by atoms with Crippen molar-refractivity contribution in [2.45, 2.75) is 13.5 Å². The minimum absolute atomic E-state index is 0.00192. The minimum Gasteiger partial charge on any atom is -0.497 e. The van der Waals surface area contributed by atoms with Crippen LogP contribution in [0.25, 0.3) is 17.1 Å². The van der Waals surface area contributed by atoms with Crippen molar-refractivity contribution in [3.63, 3.8) is 0 Å². The standard InChI is InChI=1S/C25H23N3O4/c1-3-31-25(29)23-26-24(28(27-23)20-11-15-21(30-2)16-12-20)19-9-13-22(14-10-19)32-17-18-7-5-4-6-8-18/h4-16H,3,17H2,1-2H3. The zero-order chi connectivity index (χ0) is 22.3. The summed E-state index contributed by atoms with van der Waals surface area (Å²) in [5.41, 5.74) is 2.62. The van der Waals surface area contributed by atoms with E-state index in [9.17, 15) is 4.79 Å². The Kier molecular flexibility index (Phi) is 6.46. The highest BCUT2D eigenvalue weighted by molar-refractivity contribution is 5.86. The van der Waals surface area contributed by atoms with E-state index in [1.807, 2.05) is 78.9 Å². The minimum atomic E-state index is -0.566. The van der Waals surface area contributed by atoms with Gasteiger partial charge in [0.1, 0.15) is 18.1 Å². The lowest BCUT2D eigenvalue weighted by Crippen LogP contribution is -2.07. The van der Waals surface area contributed by atoms with Crippen LogP contribution in [0.15, 0.2) is 78.9 Å². The van der Waals surface area contributed by atoms with Gasteiger partial charge in [-0.1, -0.05) is 30.3 Å². The number of hydrogen-bond acceptors (Lipinski definition) is 6. The van der Waals surface area contributed by atoms with Gasteiger partial charge in [-0.25, -0.2) is 14.5 Å². The molecule has 4 rings (SSSR count). The number of benzene rings is 3. The van der Waals surface area contributed by atoms with Crippen molar-refractivity contribution in [2.24, 2.45) is 0 Å². The van der Waals surface area contributed by atoms with E-state index in [1.165, 1.54) is 0 Å². The van der Waals surface area contributed by atoms with Crippen molar-refractivity contribution in [2.75, 3.05) is 13.7 Å². The predicted molar refractivity (Wildman–Crippen MR) is 120 cm³/mol. The maximum Gasteiger partial charge on any atom is 0.378 e. The molecular weight excluding hydrogens is 406 g/mol. The molecule has 0 radical (unpaired) electrons. The van der Waals surface area contributed by atoms with Crippen molar-refractivity contribution < 1.29 is 19.0 Å². The van der Waals surface area contributed by atoms with Crippen molar-refractivity contribution in [3.05, 3.63) is 90.3 Å². The van der Waals surface area contributed by atoms with Gasteiger partial charge in [0.15, 0.2) is 5.82 Å². The molecule has 1 aromatic heterocycles. The summed E-state index contributed by atoms with van der Waals surface area (Å²) in [7, 11) is 1.61. The van der Waals surface area contributed by atoms with Crippen LogP contribution in [-0.2, 0) is 11.3 Å². The van der Waals surface area contributed by atoms with E-state index in [-0.39, 0.29) is 12.4 Å². The van der Waals surface area contributed by atoms with Crippen LogP contribution in [0.2, 0.25) is 0 Å². The van der Waals surface area contributed by atoms with Gasteiger partial charge < -0.3 is 14.2 Å². The van der Waals surface area contributed by atoms with E-state index < -0.39 is 5.97 Å². The molecule has 0 saturated carbocycles. The summed E-state index contributed by atoms with van der Waals surface area (Å²) in [6, 6.07) is 24.8. The quantitative estimate of drug-likeness (QED) is 0.378. The summed E-state index contributed by atoms with van der Waals surface area (Å²) < 4.78 is 17.8. The number of carbonyl (C=O) groups is 1. The van der Waals surface area contributed by atoms with Crippen LogP contribution >= 0.6 is 0 Å². The lowest BCUT2D eigenvalue weighted by molar-refractivity contribution is 0.0512. The lowest BCUT2D eigenvalue weighted by atomic mass is 10.2. The van der Waals surface area contributed by atoms with E-state index in [2.05, 4.69) is 10.1 Å². The monoisotopic (exact) mass is 429 g/mol. The number of methoxy groups -OCH3 is 1. The highest BCUT2D eigenvalue weighted by Gasteiger charge is 2.19. The fourth-order valence-corrected chi connectivity index (χ4v) is 3.13. The second-order valence-corrected chi connectivity index (χ2v) is 6.89. The molecular formula is C25H23N3O4. The predicted octanol–water partition coefficient (Wildman–Crippen LogP) is 4.70. The van der Waals surface area contributed by atoms with E-state index >= 15 is 0 Å². The number of carbonyl (C=O) groups excluding carboxylic acids is 1. The Hall–Kier alpha value is -4.13. The third kappa shape index (κ3) is 4.78. The smallest absolute Gasteiger partial charge is 0.378 e. The number of nitrogens with zero attached hydrogens (tertiary/aromatic N) is 3. The average molecular weight is 429 g/mol. The number of ether oxygens (including phenoxy) is 3. The zero-order valence-corrected chi connectivity index (χ0v) is 17.9. The van der Waals surface area contributed by atoms with Crippen molar-refractivity contribution in [1.29, 1.82) is 0 Å². The van der Waals surface area contributed by atoms with Crippen molar-refractivity contribution >= 4 is 5.97 Å². The van der Waals surface area contributed by atoms with Crippen LogP contribution in [0.5, 0.6) is 11.5 Å². The molecule has 162 valence electrons. The van der Waals surface area contributed by atoms with Gasteiger partial charge in [0, 0.05) is 5.56 Å². The van der Waals surface area contributed by atoms with E-state index in [4.69, 9.17) is 14.2 Å². The van der Waals surface area contributed by atoms with Crippen LogP contribution < -0.4 is 9.47 Å². The largest absolute Gasteiger partial charge is 0.497 e. The molecule has 1 heterocycles. The summed E-state index contributed by atoms with van der Waals surface area (Å²) >= 11 is 0. The summed E-state index contributed by atoms with van der Waals surface area (Å²) in [5, 5.41) is 4.39. The summed E-state index contributed by atoms with van der Waals surface area (Å²) in [6.07, 6.45) is 0. The van der Waals surface area contributed by atoms with Gasteiger partial charge in [0.2, 0.25) is 0 Å². The maximum atomic E-state index is 12.2. The maximum absolute atomic E-state index is 12.2. The lowest BCUT2D eigenvalue weighted by Gasteiger charge is -2.09. The van der Waals surface area contributed by atoms with Crippen LogP contribution in [0.1, 0.15) is 23.1 Å². The Bertz CT molecular complexity index is 1170. The molecule has 0 N–H and O–H groups in total. The molecule has 7 heteroatoms. The second-order valence-electron chi connectivity index (χ2n) is 6.89. The topological polar surface area (TPSA) is 75.5 Å². The first-order chi connectivity index (χ1) is 15.7. The molecule has 3 aromatic carbocycles. The first-order valence-corrected chi connectivity index (χ1v) is 10.2. The molecule has 0 aliphatic rings. The number of esters is 1. The molecule has 0 unspecified atom stereocenters. The molecule has 0 saturated heterocycles. The molecule has 0 fully saturated rings. The van der Waals surface area contributed by atoms with Gasteiger partial charge in [0.25, 0.3) is 5.82 Å². The molecule has 0 atom stereocenters. The SMILES string of the molecule is CCOC(=O)c1nc(-c2ccc(OCc3ccccc3)cc2)n(-c2ccc(OC)cc2)n1. The molecule has 0 aliphatic carbocycles. The Labute approximate surface area is 186 Å². The average Bonchev–Trinajstić information content (AvgIpc) is 3.30. The van der Waals surface area contributed by atoms with Gasteiger partial charge in [-0.2, -0.15) is 0 Å². The van der Waals surface area contributed by atoms with E-state index in [1.54, 1.807) is 18.7 Å². The molecule has 0 amide bonds. The van der Waals surface area contributed by atoms with Gasteiger partial charge in [-0.05, 0) is 61.0 Å². The number of rotatable bonds is 8. The van der Waals surface area contributed by atoms with Crippen LogP contribution in [0.3, 0.4) is 0 Å². The summed E-state index contributed by atoms with van der Waals surface area (Å²) in [4.78, 5) is 16.7. The van der Waals surface area contributed by atoms with Gasteiger partial charge in [-0.15, -0.1) is 5.10 Å². The molecule has 0 aliphatic heterocycles. The van der Waals surface area contributed by atoms with Gasteiger partial charge in [-0.3, -0.25) is 0 Å². The fourth-order valence-electron chi connectivity index (χ4n) is 3.13. The number of aromatic nitrogens is 3. The second kappa shape index (κ2) is 9.78. The van der Waals surface area contributed by atoms with Gasteiger partial charge in [0.05, 0.1) is 19.4 Å². The van der Waals surface area contributed by atoms with Crippen molar-refractivity contribution in [1.82, 2.24) is 14.8 Å². The zero-order valence-electron chi connectivity index (χ0n) is 17.9. The van der Waals surface area contributed by atoms with E-state index in [0.717, 1.165) is 28.3 Å². The first-order valence-electron chi connectivity index (χ1n) is 10.2. The summed E-state index contributed by atoms with van der Waals surface area (Å²) in [5.74, 6) is 1.42. The normalized spacial score (nSPS) is 10.6. The third-order valence-electron chi connectivity index (χ3n) is 4.74. The molecule has 0 spiro atoms. The Balaban J connectivity index is 1.62. The van der Waals surface area contributed by atoms with Crippen LogP contribution in [0, 0.1) is 0 Å². The highest BCUT2D eigenvalue weighted by atomic mass is 16.5. The molecule has 4 aromatic rings. The number of hydrogen-bond donors (Lipinski definition) is 0. The Morgan fingerprint density at radius 2 is 1.59 bits per heavy atom. The van der Waals surface area contributed by atoms with Crippen LogP contribution in [-0.4, -0.2) is 34.5 Å². The van der Waals surface area contributed by atoms with Crippen molar-refractivity contribution in [3.8, 4) is 28.6 Å². The fraction of sp³-hybridized carbons (Fsp3) is 0.160. The van der Waals surface area contributed by atoms with E-state index in [0.29, 0.717) is 12.4 Å². The highest BCUT2D eigenvalue weighted by Crippen LogP contribution is 2.25. The summed E-state index contributed by atoms with van der Waals surface area (Å²) in [6.45, 7) is 2.47. The van der Waals surface area contributed by atoms with Gasteiger partial charge >= 0.3 is 5.97 Å². The molecule has 7 nitrogen and oxygen atoms in total.